The first-order valence-corrected chi connectivity index (χ1v) is 7.38. The largest absolute Gasteiger partial charge is 0.459 e. The number of carbonyl (C=O) groups excluding carboxylic acids is 2. The first-order chi connectivity index (χ1) is 10.3. The van der Waals surface area contributed by atoms with Gasteiger partial charge in [0.25, 0.3) is 0 Å². The van der Waals surface area contributed by atoms with E-state index >= 15 is 0 Å². The van der Waals surface area contributed by atoms with Crippen LogP contribution in [-0.4, -0.2) is 35.7 Å². The number of hydrogen-bond donors (Lipinski definition) is 2. The number of esters is 1. The Labute approximate surface area is 132 Å². The van der Waals surface area contributed by atoms with Gasteiger partial charge in [0.1, 0.15) is 12.6 Å². The average Bonchev–Trinajstić information content (AvgIpc) is 2.40. The summed E-state index contributed by atoms with van der Waals surface area (Å²) in [6, 6.07) is -0.721. The number of rotatable bonds is 10. The SMILES string of the molecule is C=C/C=C(\C=C)COC(=O)[C@H](CC(C)C)NC(=O)C[C@@H](C)O. The Morgan fingerprint density at radius 2 is 1.91 bits per heavy atom. The molecule has 0 unspecified atom stereocenters. The average molecular weight is 309 g/mol. The van der Waals surface area contributed by atoms with Gasteiger partial charge in [0.2, 0.25) is 5.91 Å². The number of hydrogen-bond acceptors (Lipinski definition) is 4. The molecule has 0 aromatic carbocycles. The molecule has 1 amide bonds. The molecule has 0 rings (SSSR count). The maximum absolute atomic E-state index is 12.1. The van der Waals surface area contributed by atoms with Gasteiger partial charge in [-0.2, -0.15) is 0 Å². The molecular weight excluding hydrogens is 282 g/mol. The minimum absolute atomic E-state index is 0.0455. The predicted octanol–water partition coefficient (Wildman–Crippen LogP) is 2.13. The van der Waals surface area contributed by atoms with Crippen molar-refractivity contribution in [3.63, 3.8) is 0 Å². The molecule has 0 bridgehead atoms. The highest BCUT2D eigenvalue weighted by Crippen LogP contribution is 2.08. The Kier molecular flexibility index (Phi) is 9.87. The molecule has 5 nitrogen and oxygen atoms in total. The molecule has 0 aliphatic heterocycles. The van der Waals surface area contributed by atoms with Crippen molar-refractivity contribution in [2.24, 2.45) is 5.92 Å². The van der Waals surface area contributed by atoms with E-state index < -0.39 is 18.1 Å². The Morgan fingerprint density at radius 3 is 2.36 bits per heavy atom. The van der Waals surface area contributed by atoms with Crippen LogP contribution in [0.15, 0.2) is 37.0 Å². The number of ether oxygens (including phenoxy) is 1. The van der Waals surface area contributed by atoms with E-state index in [0.717, 1.165) is 5.57 Å². The van der Waals surface area contributed by atoms with Crippen molar-refractivity contribution in [1.82, 2.24) is 5.32 Å². The Bertz CT molecular complexity index is 424. The third kappa shape index (κ3) is 9.13. The first-order valence-electron chi connectivity index (χ1n) is 7.38. The minimum Gasteiger partial charge on any atom is -0.459 e. The van der Waals surface area contributed by atoms with Crippen molar-refractivity contribution in [1.29, 1.82) is 0 Å². The third-order valence-electron chi connectivity index (χ3n) is 2.78. The van der Waals surface area contributed by atoms with Crippen molar-refractivity contribution in [2.45, 2.75) is 45.8 Å². The molecule has 0 aliphatic carbocycles. The summed E-state index contributed by atoms with van der Waals surface area (Å²) in [5.41, 5.74) is 0.724. The summed E-state index contributed by atoms with van der Waals surface area (Å²) < 4.78 is 5.21. The monoisotopic (exact) mass is 309 g/mol. The van der Waals surface area contributed by atoms with Gasteiger partial charge in [-0.15, -0.1) is 0 Å². The van der Waals surface area contributed by atoms with E-state index in [-0.39, 0.29) is 24.9 Å². The van der Waals surface area contributed by atoms with Gasteiger partial charge < -0.3 is 15.2 Å². The summed E-state index contributed by atoms with van der Waals surface area (Å²) in [6.45, 7) is 12.7. The lowest BCUT2D eigenvalue weighted by molar-refractivity contribution is -0.147. The van der Waals surface area contributed by atoms with E-state index in [1.54, 1.807) is 18.2 Å². The Balaban J connectivity index is 4.69. The fraction of sp³-hybridized carbons (Fsp3) is 0.529. The van der Waals surface area contributed by atoms with Gasteiger partial charge in [0.15, 0.2) is 0 Å². The number of aliphatic hydroxyl groups is 1. The number of carbonyl (C=O) groups is 2. The van der Waals surface area contributed by atoms with E-state index in [1.165, 1.54) is 6.92 Å². The van der Waals surface area contributed by atoms with Crippen LogP contribution in [0.3, 0.4) is 0 Å². The maximum atomic E-state index is 12.1. The van der Waals surface area contributed by atoms with Crippen LogP contribution < -0.4 is 5.32 Å². The Hall–Kier alpha value is -1.88. The van der Waals surface area contributed by atoms with Crippen LogP contribution in [0, 0.1) is 5.92 Å². The van der Waals surface area contributed by atoms with E-state index in [4.69, 9.17) is 4.74 Å². The van der Waals surface area contributed by atoms with Gasteiger partial charge in [-0.25, -0.2) is 4.79 Å². The zero-order valence-electron chi connectivity index (χ0n) is 13.7. The van der Waals surface area contributed by atoms with E-state index in [9.17, 15) is 14.7 Å². The summed E-state index contributed by atoms with van der Waals surface area (Å²) in [7, 11) is 0. The molecule has 5 heteroatoms. The molecule has 2 atom stereocenters. The molecule has 0 fully saturated rings. The van der Waals surface area contributed by atoms with Gasteiger partial charge in [-0.1, -0.05) is 45.2 Å². The molecule has 0 spiro atoms. The van der Waals surface area contributed by atoms with E-state index in [2.05, 4.69) is 18.5 Å². The molecule has 0 aromatic heterocycles. The second-order valence-electron chi connectivity index (χ2n) is 5.59. The number of allylic oxidation sites excluding steroid dienone is 2. The molecular formula is C17H27NO4. The van der Waals surface area contributed by atoms with Crippen LogP contribution in [0.5, 0.6) is 0 Å². The lowest BCUT2D eigenvalue weighted by atomic mass is 10.0. The first kappa shape index (κ1) is 20.1. The quantitative estimate of drug-likeness (QED) is 0.479. The van der Waals surface area contributed by atoms with Gasteiger partial charge in [0.05, 0.1) is 12.5 Å². The minimum atomic E-state index is -0.751. The van der Waals surface area contributed by atoms with Crippen molar-refractivity contribution >= 4 is 11.9 Å². The predicted molar refractivity (Wildman–Crippen MR) is 87.1 cm³/mol. The molecule has 0 heterocycles. The van der Waals surface area contributed by atoms with Crippen LogP contribution in [0.25, 0.3) is 0 Å². The zero-order chi connectivity index (χ0) is 17.1. The normalized spacial score (nSPS) is 14.1. The van der Waals surface area contributed by atoms with Crippen LogP contribution in [0.2, 0.25) is 0 Å². The van der Waals surface area contributed by atoms with Crippen LogP contribution in [0.1, 0.15) is 33.6 Å². The van der Waals surface area contributed by atoms with Crippen molar-refractivity contribution in [2.75, 3.05) is 6.61 Å². The van der Waals surface area contributed by atoms with Crippen molar-refractivity contribution in [3.05, 3.63) is 37.0 Å². The fourth-order valence-electron chi connectivity index (χ4n) is 1.79. The summed E-state index contributed by atoms with van der Waals surface area (Å²) in [6.07, 6.45) is 4.54. The summed E-state index contributed by atoms with van der Waals surface area (Å²) in [4.78, 5) is 23.9. The highest BCUT2D eigenvalue weighted by molar-refractivity contribution is 5.84. The maximum Gasteiger partial charge on any atom is 0.328 e. The molecule has 0 aromatic rings. The molecule has 0 saturated heterocycles. The van der Waals surface area contributed by atoms with Crippen LogP contribution in [-0.2, 0) is 14.3 Å². The summed E-state index contributed by atoms with van der Waals surface area (Å²) in [5, 5.41) is 11.8. The van der Waals surface area contributed by atoms with Gasteiger partial charge >= 0.3 is 5.97 Å². The highest BCUT2D eigenvalue weighted by atomic mass is 16.5. The molecule has 22 heavy (non-hydrogen) atoms. The van der Waals surface area contributed by atoms with Gasteiger partial charge in [-0.05, 0) is 24.8 Å². The third-order valence-corrected chi connectivity index (χ3v) is 2.78. The second-order valence-corrected chi connectivity index (χ2v) is 5.59. The lowest BCUT2D eigenvalue weighted by Gasteiger charge is -2.20. The molecule has 0 saturated carbocycles. The van der Waals surface area contributed by atoms with Crippen LogP contribution in [0.4, 0.5) is 0 Å². The summed E-state index contributed by atoms with van der Waals surface area (Å²) >= 11 is 0. The summed E-state index contributed by atoms with van der Waals surface area (Å²) in [5.74, 6) is -0.653. The number of nitrogens with one attached hydrogen (secondary N) is 1. The fourth-order valence-corrected chi connectivity index (χ4v) is 1.79. The number of amides is 1. The topological polar surface area (TPSA) is 75.6 Å². The van der Waals surface area contributed by atoms with E-state index in [0.29, 0.717) is 6.42 Å². The highest BCUT2D eigenvalue weighted by Gasteiger charge is 2.23. The zero-order valence-corrected chi connectivity index (χ0v) is 13.7. The smallest absolute Gasteiger partial charge is 0.328 e. The van der Waals surface area contributed by atoms with Crippen molar-refractivity contribution < 1.29 is 19.4 Å². The molecule has 124 valence electrons. The molecule has 0 radical (unpaired) electrons. The molecule has 0 aliphatic rings. The van der Waals surface area contributed by atoms with Gasteiger partial charge in [0, 0.05) is 0 Å². The van der Waals surface area contributed by atoms with Gasteiger partial charge in [-0.3, -0.25) is 4.79 Å². The van der Waals surface area contributed by atoms with Crippen molar-refractivity contribution in [3.8, 4) is 0 Å². The Morgan fingerprint density at radius 1 is 1.27 bits per heavy atom. The standard InChI is InChI=1S/C17H27NO4/c1-6-8-14(7-2)11-22-17(21)15(9-12(3)4)18-16(20)10-13(5)19/h6-8,12-13,15,19H,1-2,9-11H2,3-5H3,(H,18,20)/b14-8+/t13-,15+/m1/s1. The number of aliphatic hydroxyl groups excluding tert-OH is 1. The molecule has 2 N–H and O–H groups in total. The lowest BCUT2D eigenvalue weighted by Crippen LogP contribution is -2.43. The van der Waals surface area contributed by atoms with Crippen LogP contribution >= 0.6 is 0 Å². The second kappa shape index (κ2) is 10.8. The van der Waals surface area contributed by atoms with E-state index in [1.807, 2.05) is 13.8 Å².